The summed E-state index contributed by atoms with van der Waals surface area (Å²) < 4.78 is 13.6. The maximum atomic E-state index is 13.6. The Bertz CT molecular complexity index is 283. The van der Waals surface area contributed by atoms with Crippen LogP contribution in [0.25, 0.3) is 0 Å². The Morgan fingerprint density at radius 3 is 2.64 bits per heavy atom. The third kappa shape index (κ3) is 2.81. The maximum Gasteiger partial charge on any atom is 0.127 e. The largest absolute Gasteiger partial charge is 0.330 e. The molecule has 0 heterocycles. The lowest BCUT2D eigenvalue weighted by Gasteiger charge is -2.13. The van der Waals surface area contributed by atoms with Gasteiger partial charge >= 0.3 is 0 Å². The Kier molecular flexibility index (Phi) is 4.08. The Labute approximate surface area is 85.1 Å². The monoisotopic (exact) mass is 195 g/mol. The van der Waals surface area contributed by atoms with Crippen molar-refractivity contribution < 1.29 is 4.39 Å². The van der Waals surface area contributed by atoms with E-state index in [-0.39, 0.29) is 5.92 Å². The zero-order chi connectivity index (χ0) is 10.6. The van der Waals surface area contributed by atoms with E-state index in [0.29, 0.717) is 6.54 Å². The second kappa shape index (κ2) is 5.11. The van der Waals surface area contributed by atoms with E-state index >= 15 is 0 Å². The number of rotatable bonds is 4. The van der Waals surface area contributed by atoms with E-state index in [2.05, 4.69) is 0 Å². The van der Waals surface area contributed by atoms with Gasteiger partial charge < -0.3 is 5.73 Å². The first kappa shape index (κ1) is 11.2. The molecule has 0 aromatic heterocycles. The van der Waals surface area contributed by atoms with Crippen molar-refractivity contribution in [2.75, 3.05) is 6.54 Å². The molecule has 0 radical (unpaired) electrons. The van der Waals surface area contributed by atoms with Crippen molar-refractivity contribution in [1.29, 1.82) is 0 Å². The maximum absolute atomic E-state index is 13.6. The predicted molar refractivity (Wildman–Crippen MR) is 57.9 cm³/mol. The molecule has 0 saturated heterocycles. The van der Waals surface area contributed by atoms with Gasteiger partial charge in [-0.25, -0.2) is 4.39 Å². The van der Waals surface area contributed by atoms with Gasteiger partial charge in [-0.15, -0.1) is 0 Å². The first-order chi connectivity index (χ1) is 6.65. The summed E-state index contributed by atoms with van der Waals surface area (Å²) in [6.45, 7) is 4.39. The van der Waals surface area contributed by atoms with Crippen LogP contribution in [0.15, 0.2) is 24.3 Å². The Morgan fingerprint density at radius 1 is 1.36 bits per heavy atom. The lowest BCUT2D eigenvalue weighted by molar-refractivity contribution is 0.261. The first-order valence-corrected chi connectivity index (χ1v) is 5.08. The van der Waals surface area contributed by atoms with Gasteiger partial charge in [-0.3, -0.25) is 0 Å². The van der Waals surface area contributed by atoms with Gasteiger partial charge in [0, 0.05) is 0 Å². The fourth-order valence-electron chi connectivity index (χ4n) is 1.47. The predicted octanol–water partition coefficient (Wildman–Crippen LogP) is 2.85. The molecule has 78 valence electrons. The van der Waals surface area contributed by atoms with Crippen LogP contribution in [0.5, 0.6) is 0 Å². The summed E-state index contributed by atoms with van der Waals surface area (Å²) in [5.41, 5.74) is 7.34. The minimum Gasteiger partial charge on any atom is -0.330 e. The van der Waals surface area contributed by atoms with Crippen LogP contribution in [0, 0.1) is 5.92 Å². The van der Waals surface area contributed by atoms with Gasteiger partial charge in [-0.05, 0) is 30.0 Å². The van der Waals surface area contributed by atoms with Crippen LogP contribution in [0.1, 0.15) is 31.1 Å². The van der Waals surface area contributed by atoms with Crippen molar-refractivity contribution in [3.05, 3.63) is 35.4 Å². The molecular weight excluding hydrogens is 177 g/mol. The second-order valence-corrected chi connectivity index (χ2v) is 3.93. The van der Waals surface area contributed by atoms with Crippen LogP contribution in [-0.4, -0.2) is 6.54 Å². The van der Waals surface area contributed by atoms with E-state index < -0.39 is 6.17 Å². The third-order valence-electron chi connectivity index (χ3n) is 2.29. The van der Waals surface area contributed by atoms with Crippen LogP contribution >= 0.6 is 0 Å². The average Bonchev–Trinajstić information content (AvgIpc) is 2.17. The summed E-state index contributed by atoms with van der Waals surface area (Å²) in [6, 6.07) is 7.64. The van der Waals surface area contributed by atoms with Gasteiger partial charge in [0.1, 0.15) is 6.17 Å². The van der Waals surface area contributed by atoms with Gasteiger partial charge in [0.15, 0.2) is 0 Å². The topological polar surface area (TPSA) is 26.0 Å². The summed E-state index contributed by atoms with van der Waals surface area (Å²) in [5, 5.41) is 0. The molecule has 1 nitrogen and oxygen atoms in total. The molecule has 2 N–H and O–H groups in total. The molecule has 0 amide bonds. The molecule has 0 saturated carbocycles. The normalized spacial score (nSPS) is 13.2. The Balaban J connectivity index is 2.82. The van der Waals surface area contributed by atoms with Crippen molar-refractivity contribution in [2.45, 2.75) is 26.4 Å². The minimum absolute atomic E-state index is 0.0307. The van der Waals surface area contributed by atoms with Crippen LogP contribution in [0.3, 0.4) is 0 Å². The van der Waals surface area contributed by atoms with Crippen molar-refractivity contribution in [2.24, 2.45) is 11.7 Å². The van der Waals surface area contributed by atoms with E-state index in [1.165, 1.54) is 0 Å². The molecule has 0 spiro atoms. The van der Waals surface area contributed by atoms with E-state index in [0.717, 1.165) is 17.5 Å². The number of benzene rings is 1. The van der Waals surface area contributed by atoms with E-state index in [1.54, 1.807) is 0 Å². The Morgan fingerprint density at radius 2 is 2.07 bits per heavy atom. The van der Waals surface area contributed by atoms with Gasteiger partial charge in [0.2, 0.25) is 0 Å². The fourth-order valence-corrected chi connectivity index (χ4v) is 1.47. The number of alkyl halides is 1. The number of nitrogens with two attached hydrogens (primary N) is 1. The first-order valence-electron chi connectivity index (χ1n) is 5.08. The molecule has 0 aliphatic heterocycles. The van der Waals surface area contributed by atoms with Gasteiger partial charge in [0.05, 0.1) is 0 Å². The summed E-state index contributed by atoms with van der Waals surface area (Å²) in [7, 11) is 0. The molecule has 0 fully saturated rings. The molecule has 0 bridgehead atoms. The van der Waals surface area contributed by atoms with Crippen LogP contribution in [-0.2, 0) is 6.42 Å². The summed E-state index contributed by atoms with van der Waals surface area (Å²) in [6.07, 6.45) is -0.0497. The van der Waals surface area contributed by atoms with Crippen molar-refractivity contribution >= 4 is 0 Å². The third-order valence-corrected chi connectivity index (χ3v) is 2.29. The lowest BCUT2D eigenvalue weighted by Crippen LogP contribution is -2.05. The molecule has 1 unspecified atom stereocenters. The van der Waals surface area contributed by atoms with Crippen LogP contribution < -0.4 is 5.73 Å². The van der Waals surface area contributed by atoms with Gasteiger partial charge in [-0.1, -0.05) is 38.1 Å². The summed E-state index contributed by atoms with van der Waals surface area (Å²) >= 11 is 0. The van der Waals surface area contributed by atoms with Crippen LogP contribution in [0.4, 0.5) is 4.39 Å². The van der Waals surface area contributed by atoms with Gasteiger partial charge in [0.25, 0.3) is 0 Å². The molecule has 0 aliphatic rings. The number of hydrogen-bond acceptors (Lipinski definition) is 1. The van der Waals surface area contributed by atoms with Gasteiger partial charge in [-0.2, -0.15) is 0 Å². The minimum atomic E-state index is -0.868. The smallest absolute Gasteiger partial charge is 0.127 e. The van der Waals surface area contributed by atoms with E-state index in [4.69, 9.17) is 5.73 Å². The molecular formula is C12H18FN. The molecule has 1 atom stereocenters. The fraction of sp³-hybridized carbons (Fsp3) is 0.500. The molecule has 0 aliphatic carbocycles. The molecule has 1 aromatic carbocycles. The number of hydrogen-bond donors (Lipinski definition) is 1. The summed E-state index contributed by atoms with van der Waals surface area (Å²) in [4.78, 5) is 0. The number of halogens is 1. The molecule has 2 heteroatoms. The molecule has 1 rings (SSSR count). The Hall–Kier alpha value is -0.890. The SMILES string of the molecule is CC(C)C(F)c1cccc(CCN)c1. The lowest BCUT2D eigenvalue weighted by atomic mass is 9.98. The highest BCUT2D eigenvalue weighted by molar-refractivity contribution is 5.25. The van der Waals surface area contributed by atoms with E-state index in [1.807, 2.05) is 38.1 Å². The average molecular weight is 195 g/mol. The highest BCUT2D eigenvalue weighted by Gasteiger charge is 2.13. The van der Waals surface area contributed by atoms with Crippen molar-refractivity contribution in [3.63, 3.8) is 0 Å². The highest BCUT2D eigenvalue weighted by atomic mass is 19.1. The highest BCUT2D eigenvalue weighted by Crippen LogP contribution is 2.26. The van der Waals surface area contributed by atoms with Crippen molar-refractivity contribution in [1.82, 2.24) is 0 Å². The molecule has 14 heavy (non-hydrogen) atoms. The zero-order valence-corrected chi connectivity index (χ0v) is 8.83. The molecule has 1 aromatic rings. The van der Waals surface area contributed by atoms with E-state index in [9.17, 15) is 4.39 Å². The van der Waals surface area contributed by atoms with Crippen molar-refractivity contribution in [3.8, 4) is 0 Å². The standard InChI is InChI=1S/C12H18FN/c1-9(2)12(13)11-5-3-4-10(8-11)6-7-14/h3-5,8-9,12H,6-7,14H2,1-2H3. The van der Waals surface area contributed by atoms with Crippen LogP contribution in [0.2, 0.25) is 0 Å². The second-order valence-electron chi connectivity index (χ2n) is 3.93. The summed E-state index contributed by atoms with van der Waals surface area (Å²) in [5.74, 6) is 0.0307. The zero-order valence-electron chi connectivity index (χ0n) is 8.83. The quantitative estimate of drug-likeness (QED) is 0.785.